The van der Waals surface area contributed by atoms with Crippen LogP contribution in [0.2, 0.25) is 0 Å². The van der Waals surface area contributed by atoms with Gasteiger partial charge in [-0.25, -0.2) is 9.18 Å². The molecule has 0 radical (unpaired) electrons. The number of amides is 2. The number of urea groups is 1. The normalized spacial score (nSPS) is 11.7. The van der Waals surface area contributed by atoms with Crippen molar-refractivity contribution in [3.8, 4) is 5.75 Å². The van der Waals surface area contributed by atoms with E-state index in [-0.39, 0.29) is 6.03 Å². The lowest BCUT2D eigenvalue weighted by molar-refractivity contribution is 0.237. The van der Waals surface area contributed by atoms with E-state index in [4.69, 9.17) is 4.74 Å². The summed E-state index contributed by atoms with van der Waals surface area (Å²) in [6.07, 6.45) is 2.47. The van der Waals surface area contributed by atoms with E-state index >= 15 is 0 Å². The van der Waals surface area contributed by atoms with E-state index < -0.39 is 11.9 Å². The first-order valence-corrected chi connectivity index (χ1v) is 7.79. The molecule has 0 aliphatic heterocycles. The van der Waals surface area contributed by atoms with Crippen LogP contribution in [0.5, 0.6) is 5.75 Å². The predicted octanol–water partition coefficient (Wildman–Crippen LogP) is 3.14. The fourth-order valence-electron chi connectivity index (χ4n) is 2.40. The van der Waals surface area contributed by atoms with Crippen molar-refractivity contribution in [2.45, 2.75) is 26.3 Å². The zero-order valence-electron chi connectivity index (χ0n) is 14.1. The zero-order chi connectivity index (χ0) is 17.5. The lowest BCUT2D eigenvalue weighted by Gasteiger charge is -2.18. The first-order chi connectivity index (χ1) is 11.5. The Bertz CT molecular complexity index is 689. The standard InChI is InChI=1S/C18H22FN3O2/c1-12-7-8-14(11-21-12)9-10-20-18(23)22-13(2)17-15(19)5-4-6-16(17)24-3/h4-8,11,13H,9-10H2,1-3H3,(H2,20,22,23)/t13-/m1/s1. The molecule has 0 aliphatic rings. The van der Waals surface area contributed by atoms with Gasteiger partial charge in [-0.15, -0.1) is 0 Å². The van der Waals surface area contributed by atoms with Gasteiger partial charge in [-0.1, -0.05) is 12.1 Å². The van der Waals surface area contributed by atoms with Gasteiger partial charge in [0, 0.05) is 18.4 Å². The highest BCUT2D eigenvalue weighted by molar-refractivity contribution is 5.74. The van der Waals surface area contributed by atoms with E-state index in [1.807, 2.05) is 19.1 Å². The number of nitrogens with zero attached hydrogens (tertiary/aromatic N) is 1. The van der Waals surface area contributed by atoms with Gasteiger partial charge in [-0.3, -0.25) is 4.98 Å². The van der Waals surface area contributed by atoms with Gasteiger partial charge in [0.15, 0.2) is 0 Å². The van der Waals surface area contributed by atoms with Gasteiger partial charge in [-0.2, -0.15) is 0 Å². The third-order valence-corrected chi connectivity index (χ3v) is 3.69. The summed E-state index contributed by atoms with van der Waals surface area (Å²) in [6.45, 7) is 4.11. The van der Waals surface area contributed by atoms with Crippen LogP contribution in [0.15, 0.2) is 36.5 Å². The Balaban J connectivity index is 1.87. The molecule has 2 rings (SSSR count). The minimum atomic E-state index is -0.512. The van der Waals surface area contributed by atoms with Crippen LogP contribution in [-0.4, -0.2) is 24.7 Å². The Morgan fingerprint density at radius 1 is 1.33 bits per heavy atom. The van der Waals surface area contributed by atoms with E-state index in [0.29, 0.717) is 24.3 Å². The highest BCUT2D eigenvalue weighted by Gasteiger charge is 2.18. The first kappa shape index (κ1) is 17.7. The second kappa shape index (κ2) is 8.29. The predicted molar refractivity (Wildman–Crippen MR) is 90.6 cm³/mol. The topological polar surface area (TPSA) is 63.2 Å². The number of carbonyl (C=O) groups excluding carboxylic acids is 1. The molecule has 2 amide bonds. The average Bonchev–Trinajstić information content (AvgIpc) is 2.56. The van der Waals surface area contributed by atoms with E-state index in [2.05, 4.69) is 15.6 Å². The number of aryl methyl sites for hydroxylation is 1. The van der Waals surface area contributed by atoms with Crippen molar-refractivity contribution in [1.29, 1.82) is 0 Å². The fourth-order valence-corrected chi connectivity index (χ4v) is 2.40. The fraction of sp³-hybridized carbons (Fsp3) is 0.333. The van der Waals surface area contributed by atoms with Crippen molar-refractivity contribution in [2.24, 2.45) is 0 Å². The number of hydrogen-bond acceptors (Lipinski definition) is 3. The van der Waals surface area contributed by atoms with E-state index in [1.54, 1.807) is 25.3 Å². The van der Waals surface area contributed by atoms with Gasteiger partial charge >= 0.3 is 6.03 Å². The number of halogens is 1. The summed E-state index contributed by atoms with van der Waals surface area (Å²) >= 11 is 0. The number of rotatable bonds is 6. The van der Waals surface area contributed by atoms with Crippen LogP contribution in [0.25, 0.3) is 0 Å². The Morgan fingerprint density at radius 3 is 2.79 bits per heavy atom. The molecular weight excluding hydrogens is 309 g/mol. The molecule has 1 aromatic heterocycles. The quantitative estimate of drug-likeness (QED) is 0.855. The van der Waals surface area contributed by atoms with E-state index in [9.17, 15) is 9.18 Å². The van der Waals surface area contributed by atoms with Crippen LogP contribution in [0.3, 0.4) is 0 Å². The second-order valence-electron chi connectivity index (χ2n) is 5.54. The lowest BCUT2D eigenvalue weighted by atomic mass is 10.1. The Kier molecular flexibility index (Phi) is 6.12. The number of aromatic nitrogens is 1. The third kappa shape index (κ3) is 4.68. The molecule has 24 heavy (non-hydrogen) atoms. The molecular formula is C18H22FN3O2. The Morgan fingerprint density at radius 2 is 2.12 bits per heavy atom. The highest BCUT2D eigenvalue weighted by atomic mass is 19.1. The summed E-state index contributed by atoms with van der Waals surface area (Å²) < 4.78 is 19.1. The maximum atomic E-state index is 14.0. The number of nitrogens with one attached hydrogen (secondary N) is 2. The second-order valence-corrected chi connectivity index (χ2v) is 5.54. The number of hydrogen-bond donors (Lipinski definition) is 2. The molecule has 1 heterocycles. The number of carbonyl (C=O) groups is 1. The lowest BCUT2D eigenvalue weighted by Crippen LogP contribution is -2.38. The van der Waals surface area contributed by atoms with Crippen molar-refractivity contribution < 1.29 is 13.9 Å². The number of methoxy groups -OCH3 is 1. The average molecular weight is 331 g/mol. The van der Waals surface area contributed by atoms with Gasteiger partial charge in [0.2, 0.25) is 0 Å². The summed E-state index contributed by atoms with van der Waals surface area (Å²) in [4.78, 5) is 16.2. The Labute approximate surface area is 141 Å². The summed E-state index contributed by atoms with van der Waals surface area (Å²) in [5.74, 6) is 0.00131. The van der Waals surface area contributed by atoms with Crippen molar-refractivity contribution in [3.63, 3.8) is 0 Å². The maximum Gasteiger partial charge on any atom is 0.315 e. The Hall–Kier alpha value is -2.63. The molecule has 0 saturated carbocycles. The molecule has 2 aromatic rings. The molecule has 0 unspecified atom stereocenters. The molecule has 5 nitrogen and oxygen atoms in total. The number of benzene rings is 1. The van der Waals surface area contributed by atoms with Gasteiger partial charge in [0.1, 0.15) is 11.6 Å². The van der Waals surface area contributed by atoms with Crippen LogP contribution < -0.4 is 15.4 Å². The van der Waals surface area contributed by atoms with Gasteiger partial charge in [0.05, 0.1) is 18.7 Å². The molecule has 0 bridgehead atoms. The maximum absolute atomic E-state index is 14.0. The van der Waals surface area contributed by atoms with E-state index in [0.717, 1.165) is 11.3 Å². The van der Waals surface area contributed by atoms with Crippen LogP contribution >= 0.6 is 0 Å². The van der Waals surface area contributed by atoms with Crippen LogP contribution in [0, 0.1) is 12.7 Å². The number of pyridine rings is 1. The SMILES string of the molecule is COc1cccc(F)c1[C@@H](C)NC(=O)NCCc1ccc(C)nc1. The van der Waals surface area contributed by atoms with Crippen LogP contribution in [-0.2, 0) is 6.42 Å². The molecule has 0 saturated heterocycles. The smallest absolute Gasteiger partial charge is 0.315 e. The molecule has 0 spiro atoms. The molecule has 0 aliphatic carbocycles. The van der Waals surface area contributed by atoms with Gasteiger partial charge in [-0.05, 0) is 44.0 Å². The van der Waals surface area contributed by atoms with Crippen LogP contribution in [0.4, 0.5) is 9.18 Å². The first-order valence-electron chi connectivity index (χ1n) is 7.79. The van der Waals surface area contributed by atoms with Crippen molar-refractivity contribution in [1.82, 2.24) is 15.6 Å². The monoisotopic (exact) mass is 331 g/mol. The van der Waals surface area contributed by atoms with E-state index in [1.165, 1.54) is 13.2 Å². The zero-order valence-corrected chi connectivity index (χ0v) is 14.1. The molecule has 1 aromatic carbocycles. The molecule has 128 valence electrons. The summed E-state index contributed by atoms with van der Waals surface area (Å²) in [5.41, 5.74) is 2.33. The summed E-state index contributed by atoms with van der Waals surface area (Å²) in [6, 6.07) is 7.63. The third-order valence-electron chi connectivity index (χ3n) is 3.69. The summed E-state index contributed by atoms with van der Waals surface area (Å²) in [5, 5.41) is 5.48. The highest BCUT2D eigenvalue weighted by Crippen LogP contribution is 2.27. The number of ether oxygens (including phenoxy) is 1. The van der Waals surface area contributed by atoms with Gasteiger partial charge < -0.3 is 15.4 Å². The molecule has 1 atom stereocenters. The van der Waals surface area contributed by atoms with Crippen molar-refractivity contribution in [2.75, 3.05) is 13.7 Å². The van der Waals surface area contributed by atoms with Crippen molar-refractivity contribution >= 4 is 6.03 Å². The van der Waals surface area contributed by atoms with Crippen LogP contribution in [0.1, 0.15) is 29.8 Å². The van der Waals surface area contributed by atoms with Crippen molar-refractivity contribution in [3.05, 3.63) is 59.2 Å². The largest absolute Gasteiger partial charge is 0.496 e. The minimum Gasteiger partial charge on any atom is -0.496 e. The van der Waals surface area contributed by atoms with Gasteiger partial charge in [0.25, 0.3) is 0 Å². The molecule has 6 heteroatoms. The summed E-state index contributed by atoms with van der Waals surface area (Å²) in [7, 11) is 1.47. The molecule has 2 N–H and O–H groups in total. The molecule has 0 fully saturated rings. The minimum absolute atomic E-state index is 0.331.